The number of carbonyl (C=O) groups excluding carboxylic acids is 1. The molecule has 0 aromatic heterocycles. The third-order valence-electron chi connectivity index (χ3n) is 5.39. The quantitative estimate of drug-likeness (QED) is 0.319. The summed E-state index contributed by atoms with van der Waals surface area (Å²) in [5.74, 6) is 1.15. The number of hydrogen-bond donors (Lipinski definition) is 1. The second-order valence-corrected chi connectivity index (χ2v) is 8.54. The van der Waals surface area contributed by atoms with Crippen molar-refractivity contribution in [1.82, 2.24) is 20.0 Å². The molecule has 1 unspecified atom stereocenters. The maximum absolute atomic E-state index is 12.5. The molecule has 2 fully saturated rings. The number of halogens is 1. The van der Waals surface area contributed by atoms with Crippen molar-refractivity contribution in [2.45, 2.75) is 33.8 Å². The van der Waals surface area contributed by atoms with E-state index in [0.717, 1.165) is 38.7 Å². The molecule has 2 saturated heterocycles. The highest BCUT2D eigenvalue weighted by Crippen LogP contribution is 2.22. The van der Waals surface area contributed by atoms with E-state index < -0.39 is 0 Å². The minimum atomic E-state index is 0. The van der Waals surface area contributed by atoms with Crippen LogP contribution in [0.1, 0.15) is 27.7 Å². The average molecular weight is 525 g/mol. The van der Waals surface area contributed by atoms with Gasteiger partial charge in [-0.1, -0.05) is 20.8 Å². The van der Waals surface area contributed by atoms with Crippen LogP contribution in [0.5, 0.6) is 0 Å². The minimum Gasteiger partial charge on any atom is -0.379 e. The summed E-state index contributed by atoms with van der Waals surface area (Å²) in [4.78, 5) is 23.7. The van der Waals surface area contributed by atoms with E-state index in [9.17, 15) is 4.79 Å². The van der Waals surface area contributed by atoms with Crippen molar-refractivity contribution in [3.63, 3.8) is 0 Å². The summed E-state index contributed by atoms with van der Waals surface area (Å²) >= 11 is 0. The van der Waals surface area contributed by atoms with Crippen molar-refractivity contribution >= 4 is 35.8 Å². The van der Waals surface area contributed by atoms with Gasteiger partial charge in [0.25, 0.3) is 0 Å². The van der Waals surface area contributed by atoms with Crippen LogP contribution >= 0.6 is 24.0 Å². The van der Waals surface area contributed by atoms with Gasteiger partial charge in [0, 0.05) is 52.9 Å². The van der Waals surface area contributed by atoms with E-state index in [0.29, 0.717) is 39.4 Å². The molecule has 29 heavy (non-hydrogen) atoms. The normalized spacial score (nSPS) is 20.2. The van der Waals surface area contributed by atoms with Crippen LogP contribution < -0.4 is 5.32 Å². The number of piperazine rings is 1. The number of nitrogens with zero attached hydrogens (tertiary/aromatic N) is 4. The number of amides is 1. The topological polar surface area (TPSA) is 69.6 Å². The summed E-state index contributed by atoms with van der Waals surface area (Å²) < 4.78 is 11.0. The molecule has 0 aromatic carbocycles. The smallest absolute Gasteiger partial charge is 0.236 e. The molecule has 0 radical (unpaired) electrons. The number of ether oxygens (including phenoxy) is 2. The highest BCUT2D eigenvalue weighted by Gasteiger charge is 2.26. The Bertz CT molecular complexity index is 513. The highest BCUT2D eigenvalue weighted by atomic mass is 127. The van der Waals surface area contributed by atoms with Crippen molar-refractivity contribution in [1.29, 1.82) is 0 Å². The Kier molecular flexibility index (Phi) is 11.7. The number of morpholine rings is 1. The van der Waals surface area contributed by atoms with E-state index >= 15 is 0 Å². The third-order valence-corrected chi connectivity index (χ3v) is 5.39. The molecule has 8 nitrogen and oxygen atoms in total. The lowest BCUT2D eigenvalue weighted by atomic mass is 9.89. The van der Waals surface area contributed by atoms with Crippen molar-refractivity contribution in [2.75, 3.05) is 79.2 Å². The van der Waals surface area contributed by atoms with Gasteiger partial charge in [-0.2, -0.15) is 0 Å². The lowest BCUT2D eigenvalue weighted by Crippen LogP contribution is -2.55. The van der Waals surface area contributed by atoms with Crippen molar-refractivity contribution in [2.24, 2.45) is 10.4 Å². The Morgan fingerprint density at radius 1 is 1.10 bits per heavy atom. The number of aliphatic imine (C=N–C) groups is 1. The van der Waals surface area contributed by atoms with Gasteiger partial charge in [0.1, 0.15) is 0 Å². The van der Waals surface area contributed by atoms with Crippen molar-refractivity contribution < 1.29 is 14.3 Å². The monoisotopic (exact) mass is 525 g/mol. The van der Waals surface area contributed by atoms with Crippen LogP contribution in [0.2, 0.25) is 0 Å². The molecule has 2 aliphatic heterocycles. The average Bonchev–Trinajstić information content (AvgIpc) is 2.68. The summed E-state index contributed by atoms with van der Waals surface area (Å²) in [7, 11) is 1.75. The molecule has 9 heteroatoms. The van der Waals surface area contributed by atoms with Gasteiger partial charge in [0.15, 0.2) is 5.96 Å². The summed E-state index contributed by atoms with van der Waals surface area (Å²) in [6, 6.07) is 0. The van der Waals surface area contributed by atoms with Crippen LogP contribution in [0.3, 0.4) is 0 Å². The molecule has 2 aliphatic rings. The zero-order chi connectivity index (χ0) is 20.6. The van der Waals surface area contributed by atoms with Crippen LogP contribution in [-0.4, -0.2) is 112 Å². The number of nitrogens with one attached hydrogen (secondary N) is 1. The molecule has 1 amide bonds. The molecule has 0 spiro atoms. The van der Waals surface area contributed by atoms with Gasteiger partial charge in [-0.3, -0.25) is 14.7 Å². The van der Waals surface area contributed by atoms with Gasteiger partial charge < -0.3 is 24.6 Å². The van der Waals surface area contributed by atoms with Gasteiger partial charge in [-0.25, -0.2) is 0 Å². The molecule has 2 heterocycles. The zero-order valence-electron chi connectivity index (χ0n) is 18.8. The maximum atomic E-state index is 12.5. The largest absolute Gasteiger partial charge is 0.379 e. The molecule has 2 rings (SSSR count). The van der Waals surface area contributed by atoms with Crippen LogP contribution in [-0.2, 0) is 14.3 Å². The van der Waals surface area contributed by atoms with Gasteiger partial charge in [-0.15, -0.1) is 24.0 Å². The van der Waals surface area contributed by atoms with Crippen LogP contribution in [0.25, 0.3) is 0 Å². The summed E-state index contributed by atoms with van der Waals surface area (Å²) in [6.07, 6.45) is 0.0774. The van der Waals surface area contributed by atoms with Crippen LogP contribution in [0, 0.1) is 5.41 Å². The second kappa shape index (κ2) is 12.9. The molecule has 0 bridgehead atoms. The Morgan fingerprint density at radius 3 is 2.24 bits per heavy atom. The number of rotatable bonds is 6. The first kappa shape index (κ1) is 26.4. The predicted molar refractivity (Wildman–Crippen MR) is 127 cm³/mol. The molecule has 0 saturated carbocycles. The number of hydrogen-bond acceptors (Lipinski definition) is 5. The van der Waals surface area contributed by atoms with Gasteiger partial charge in [0.2, 0.25) is 5.91 Å². The van der Waals surface area contributed by atoms with Crippen LogP contribution in [0.15, 0.2) is 4.99 Å². The summed E-state index contributed by atoms with van der Waals surface area (Å²) in [5, 5.41) is 3.40. The van der Waals surface area contributed by atoms with Crippen molar-refractivity contribution in [3.05, 3.63) is 0 Å². The Balaban J connectivity index is 0.00000420. The lowest BCUT2D eigenvalue weighted by molar-refractivity contribution is -0.136. The Morgan fingerprint density at radius 2 is 1.72 bits per heavy atom. The van der Waals surface area contributed by atoms with E-state index in [4.69, 9.17) is 14.5 Å². The van der Waals surface area contributed by atoms with E-state index in [1.165, 1.54) is 0 Å². The summed E-state index contributed by atoms with van der Waals surface area (Å²) in [6.45, 7) is 16.8. The zero-order valence-corrected chi connectivity index (χ0v) is 21.1. The first-order valence-corrected chi connectivity index (χ1v) is 10.5. The highest BCUT2D eigenvalue weighted by molar-refractivity contribution is 14.0. The molecule has 0 aromatic rings. The minimum absolute atomic E-state index is 0. The molecule has 1 atom stereocenters. The fraction of sp³-hybridized carbons (Fsp3) is 0.900. The third kappa shape index (κ3) is 8.55. The van der Waals surface area contributed by atoms with Gasteiger partial charge >= 0.3 is 0 Å². The van der Waals surface area contributed by atoms with Gasteiger partial charge in [0.05, 0.1) is 32.4 Å². The first-order chi connectivity index (χ1) is 13.3. The van der Waals surface area contributed by atoms with E-state index in [1.54, 1.807) is 7.11 Å². The van der Waals surface area contributed by atoms with Gasteiger partial charge in [-0.05, 0) is 12.3 Å². The van der Waals surface area contributed by atoms with E-state index in [2.05, 4.69) is 42.8 Å². The fourth-order valence-electron chi connectivity index (χ4n) is 3.52. The predicted octanol–water partition coefficient (Wildman–Crippen LogP) is 1.11. The maximum Gasteiger partial charge on any atom is 0.236 e. The van der Waals surface area contributed by atoms with E-state index in [-0.39, 0.29) is 41.4 Å². The number of carbonyl (C=O) groups is 1. The first-order valence-electron chi connectivity index (χ1n) is 10.5. The Labute approximate surface area is 193 Å². The standard InChI is InChI=1S/C20H39N5O3.HI/c1-6-21-19(22-15-17(27-5)20(2,3)4)25-9-7-23(8-10-25)16-18(26)24-11-13-28-14-12-24;/h17H,6-16H2,1-5H3,(H,21,22);1H. The molecular weight excluding hydrogens is 485 g/mol. The fourth-order valence-corrected chi connectivity index (χ4v) is 3.52. The SMILES string of the molecule is CCNC(=NCC(OC)C(C)(C)C)N1CCN(CC(=O)N2CCOCC2)CC1.I. The molecule has 170 valence electrons. The van der Waals surface area contributed by atoms with Crippen LogP contribution in [0.4, 0.5) is 0 Å². The molecule has 0 aliphatic carbocycles. The van der Waals surface area contributed by atoms with Crippen molar-refractivity contribution in [3.8, 4) is 0 Å². The molecular formula is C20H40IN5O3. The molecule has 1 N–H and O–H groups in total. The number of guanidine groups is 1. The summed E-state index contributed by atoms with van der Waals surface area (Å²) in [5.41, 5.74) is 0.0497. The Hall–Kier alpha value is -0.650. The van der Waals surface area contributed by atoms with E-state index in [1.807, 2.05) is 4.90 Å². The number of methoxy groups -OCH3 is 1. The second-order valence-electron chi connectivity index (χ2n) is 8.54. The lowest BCUT2D eigenvalue weighted by Gasteiger charge is -2.37.